The van der Waals surface area contributed by atoms with Crippen LogP contribution < -0.4 is 5.32 Å². The fourth-order valence-corrected chi connectivity index (χ4v) is 1.99. The molecule has 0 aromatic heterocycles. The minimum absolute atomic E-state index is 0.0406. The fourth-order valence-electron chi connectivity index (χ4n) is 1.50. The highest BCUT2D eigenvalue weighted by Gasteiger charge is 2.00. The van der Waals surface area contributed by atoms with Crippen molar-refractivity contribution in [1.29, 1.82) is 0 Å². The standard InChI is InChI=1S/C15H11BrClNO/c16-13-10-12(6-7-14(13)17)18-9-8-15(19)11-4-2-1-3-5-11/h1-10,18H. The zero-order chi connectivity index (χ0) is 13.7. The maximum absolute atomic E-state index is 11.8. The van der Waals surface area contributed by atoms with Crippen LogP contribution in [0.1, 0.15) is 10.4 Å². The molecule has 0 unspecified atom stereocenters. The highest BCUT2D eigenvalue weighted by molar-refractivity contribution is 9.10. The van der Waals surface area contributed by atoms with Crippen LogP contribution in [0.3, 0.4) is 0 Å². The third-order valence-electron chi connectivity index (χ3n) is 2.46. The largest absolute Gasteiger partial charge is 0.362 e. The molecule has 0 aliphatic rings. The van der Waals surface area contributed by atoms with E-state index in [4.69, 9.17) is 11.6 Å². The Morgan fingerprint density at radius 3 is 2.58 bits per heavy atom. The van der Waals surface area contributed by atoms with Crippen molar-refractivity contribution in [2.75, 3.05) is 5.32 Å². The first kappa shape index (κ1) is 13.8. The first-order chi connectivity index (χ1) is 9.16. The van der Waals surface area contributed by atoms with Crippen molar-refractivity contribution in [3.8, 4) is 0 Å². The number of rotatable bonds is 4. The number of allylic oxidation sites excluding steroid dienone is 1. The average molecular weight is 337 g/mol. The van der Waals surface area contributed by atoms with E-state index in [-0.39, 0.29) is 5.78 Å². The summed E-state index contributed by atoms with van der Waals surface area (Å²) in [5, 5.41) is 3.67. The molecule has 1 N–H and O–H groups in total. The van der Waals surface area contributed by atoms with E-state index in [0.717, 1.165) is 10.2 Å². The highest BCUT2D eigenvalue weighted by Crippen LogP contribution is 2.25. The Morgan fingerprint density at radius 1 is 1.16 bits per heavy atom. The molecule has 0 fully saturated rings. The molecule has 4 heteroatoms. The van der Waals surface area contributed by atoms with Crippen molar-refractivity contribution in [2.45, 2.75) is 0 Å². The maximum Gasteiger partial charge on any atom is 0.187 e. The quantitative estimate of drug-likeness (QED) is 0.635. The molecule has 0 bridgehead atoms. The van der Waals surface area contributed by atoms with Crippen LogP contribution in [0.15, 0.2) is 65.3 Å². The van der Waals surface area contributed by atoms with Gasteiger partial charge in [0.2, 0.25) is 0 Å². The van der Waals surface area contributed by atoms with Crippen LogP contribution in [0.25, 0.3) is 0 Å². The Labute approximate surface area is 125 Å². The summed E-state index contributed by atoms with van der Waals surface area (Å²) in [4.78, 5) is 11.8. The monoisotopic (exact) mass is 335 g/mol. The lowest BCUT2D eigenvalue weighted by molar-refractivity contribution is 0.104. The first-order valence-electron chi connectivity index (χ1n) is 5.64. The van der Waals surface area contributed by atoms with E-state index in [1.807, 2.05) is 30.3 Å². The van der Waals surface area contributed by atoms with Crippen LogP contribution in [-0.2, 0) is 0 Å². The Balaban J connectivity index is 2.00. The molecule has 0 saturated carbocycles. The molecule has 2 aromatic carbocycles. The van der Waals surface area contributed by atoms with Crippen molar-refractivity contribution in [1.82, 2.24) is 0 Å². The van der Waals surface area contributed by atoms with E-state index in [9.17, 15) is 4.79 Å². The molecule has 96 valence electrons. The Hall–Kier alpha value is -1.58. The molecule has 2 rings (SSSR count). The summed E-state index contributed by atoms with van der Waals surface area (Å²) in [6.07, 6.45) is 3.11. The summed E-state index contributed by atoms with van der Waals surface area (Å²) >= 11 is 9.24. The van der Waals surface area contributed by atoms with Gasteiger partial charge >= 0.3 is 0 Å². The third kappa shape index (κ3) is 3.94. The van der Waals surface area contributed by atoms with Crippen molar-refractivity contribution in [3.05, 3.63) is 75.9 Å². The molecule has 0 heterocycles. The molecular formula is C15H11BrClNO. The van der Waals surface area contributed by atoms with Crippen molar-refractivity contribution >= 4 is 39.0 Å². The topological polar surface area (TPSA) is 29.1 Å². The smallest absolute Gasteiger partial charge is 0.187 e. The first-order valence-corrected chi connectivity index (χ1v) is 6.81. The molecular weight excluding hydrogens is 326 g/mol. The molecule has 0 atom stereocenters. The number of carbonyl (C=O) groups excluding carboxylic acids is 1. The number of ketones is 1. The van der Waals surface area contributed by atoms with Gasteiger partial charge in [-0.2, -0.15) is 0 Å². The third-order valence-corrected chi connectivity index (χ3v) is 3.68. The Morgan fingerprint density at radius 2 is 1.89 bits per heavy atom. The van der Waals surface area contributed by atoms with Gasteiger partial charge in [-0.25, -0.2) is 0 Å². The maximum atomic E-state index is 11.8. The van der Waals surface area contributed by atoms with Crippen LogP contribution in [-0.4, -0.2) is 5.78 Å². The second-order valence-electron chi connectivity index (χ2n) is 3.84. The number of anilines is 1. The van der Waals surface area contributed by atoms with Crippen molar-refractivity contribution in [3.63, 3.8) is 0 Å². The van der Waals surface area contributed by atoms with Crippen molar-refractivity contribution < 1.29 is 4.79 Å². The van der Waals surface area contributed by atoms with Gasteiger partial charge in [0.05, 0.1) is 5.02 Å². The number of benzene rings is 2. The molecule has 0 radical (unpaired) electrons. The van der Waals surface area contributed by atoms with E-state index >= 15 is 0 Å². The zero-order valence-electron chi connectivity index (χ0n) is 9.94. The van der Waals surface area contributed by atoms with Gasteiger partial charge in [0.15, 0.2) is 5.78 Å². The van der Waals surface area contributed by atoms with Crippen LogP contribution in [0, 0.1) is 0 Å². The van der Waals surface area contributed by atoms with Gasteiger partial charge in [0.1, 0.15) is 0 Å². The Kier molecular flexibility index (Phi) is 4.77. The van der Waals surface area contributed by atoms with Crippen LogP contribution >= 0.6 is 27.5 Å². The second kappa shape index (κ2) is 6.55. The number of hydrogen-bond acceptors (Lipinski definition) is 2. The van der Waals surface area contributed by atoms with Crippen LogP contribution in [0.5, 0.6) is 0 Å². The molecule has 19 heavy (non-hydrogen) atoms. The van der Waals surface area contributed by atoms with Gasteiger partial charge in [-0.1, -0.05) is 41.9 Å². The summed E-state index contributed by atoms with van der Waals surface area (Å²) in [5.41, 5.74) is 1.52. The summed E-state index contributed by atoms with van der Waals surface area (Å²) in [5.74, 6) is -0.0406. The fraction of sp³-hybridized carbons (Fsp3) is 0. The van der Waals surface area contributed by atoms with Crippen molar-refractivity contribution in [2.24, 2.45) is 0 Å². The van der Waals surface area contributed by atoms with Crippen LogP contribution in [0.2, 0.25) is 5.02 Å². The lowest BCUT2D eigenvalue weighted by Crippen LogP contribution is -1.95. The highest BCUT2D eigenvalue weighted by atomic mass is 79.9. The number of hydrogen-bond donors (Lipinski definition) is 1. The SMILES string of the molecule is O=C(C=CNc1ccc(Cl)c(Br)c1)c1ccccc1. The van der Waals surface area contributed by atoms with E-state index in [0.29, 0.717) is 10.6 Å². The molecule has 0 amide bonds. The Bertz CT molecular complexity index is 611. The molecule has 0 spiro atoms. The summed E-state index contributed by atoms with van der Waals surface area (Å²) < 4.78 is 0.807. The van der Waals surface area contributed by atoms with E-state index in [1.165, 1.54) is 6.08 Å². The normalized spacial score (nSPS) is 10.6. The molecule has 2 nitrogen and oxygen atoms in total. The average Bonchev–Trinajstić information content (AvgIpc) is 2.43. The summed E-state index contributed by atoms with van der Waals surface area (Å²) in [7, 11) is 0. The van der Waals surface area contributed by atoms with Crippen LogP contribution in [0.4, 0.5) is 5.69 Å². The van der Waals surface area contributed by atoms with Gasteiger partial charge in [-0.3, -0.25) is 4.79 Å². The molecule has 0 aliphatic carbocycles. The van der Waals surface area contributed by atoms with Gasteiger partial charge in [-0.05, 0) is 34.1 Å². The van der Waals surface area contributed by atoms with Gasteiger partial charge in [0.25, 0.3) is 0 Å². The molecule has 0 saturated heterocycles. The number of nitrogens with one attached hydrogen (secondary N) is 1. The lowest BCUT2D eigenvalue weighted by Gasteiger charge is -2.02. The lowest BCUT2D eigenvalue weighted by atomic mass is 10.1. The number of halogens is 2. The summed E-state index contributed by atoms with van der Waals surface area (Å²) in [6, 6.07) is 14.6. The van der Waals surface area contributed by atoms with Gasteiger partial charge in [0, 0.05) is 28.0 Å². The van der Waals surface area contributed by atoms with E-state index in [1.54, 1.807) is 24.4 Å². The summed E-state index contributed by atoms with van der Waals surface area (Å²) in [6.45, 7) is 0. The predicted octanol–water partition coefficient (Wildman–Crippen LogP) is 4.91. The molecule has 0 aliphatic heterocycles. The predicted molar refractivity (Wildman–Crippen MR) is 82.7 cm³/mol. The zero-order valence-corrected chi connectivity index (χ0v) is 12.3. The van der Waals surface area contributed by atoms with E-state index < -0.39 is 0 Å². The minimum atomic E-state index is -0.0406. The second-order valence-corrected chi connectivity index (χ2v) is 5.10. The van der Waals surface area contributed by atoms with Gasteiger partial charge < -0.3 is 5.32 Å². The number of carbonyl (C=O) groups is 1. The van der Waals surface area contributed by atoms with Gasteiger partial charge in [-0.15, -0.1) is 0 Å². The van der Waals surface area contributed by atoms with E-state index in [2.05, 4.69) is 21.2 Å². The molecule has 2 aromatic rings. The minimum Gasteiger partial charge on any atom is -0.362 e.